The molecule has 0 radical (unpaired) electrons. The largest absolute Gasteiger partial charge is 0.467 e. The Hall–Kier alpha value is -2.83. The van der Waals surface area contributed by atoms with E-state index in [1.807, 2.05) is 6.07 Å². The van der Waals surface area contributed by atoms with E-state index in [1.165, 1.54) is 25.1 Å². The predicted octanol–water partition coefficient (Wildman–Crippen LogP) is 1.01. The Morgan fingerprint density at radius 3 is 2.43 bits per heavy atom. The topological polar surface area (TPSA) is 96.4 Å². The third kappa shape index (κ3) is 2.71. The summed E-state index contributed by atoms with van der Waals surface area (Å²) in [5.74, 6) is -1.13. The van der Waals surface area contributed by atoms with Crippen molar-refractivity contribution in [1.82, 2.24) is 9.55 Å². The molecule has 2 aromatic rings. The number of rotatable bonds is 4. The second-order valence-corrected chi connectivity index (χ2v) is 4.21. The Kier molecular flexibility index (Phi) is 4.22. The van der Waals surface area contributed by atoms with Crippen LogP contribution in [0.5, 0.6) is 0 Å². The molecule has 0 amide bonds. The van der Waals surface area contributed by atoms with Crippen LogP contribution >= 0.6 is 0 Å². The summed E-state index contributed by atoms with van der Waals surface area (Å²) in [5, 5.41) is 0. The van der Waals surface area contributed by atoms with Crippen molar-refractivity contribution in [1.29, 1.82) is 0 Å². The van der Waals surface area contributed by atoms with Crippen molar-refractivity contribution in [2.24, 2.45) is 0 Å². The van der Waals surface area contributed by atoms with E-state index in [-0.39, 0.29) is 11.5 Å². The summed E-state index contributed by atoms with van der Waals surface area (Å²) < 4.78 is 10.8. The molecular formula is C14H15N3O4. The first-order valence-corrected chi connectivity index (χ1v) is 6.13. The van der Waals surface area contributed by atoms with Gasteiger partial charge in [0.2, 0.25) is 0 Å². The maximum Gasteiger partial charge on any atom is 0.360 e. The zero-order chi connectivity index (χ0) is 15.4. The van der Waals surface area contributed by atoms with Crippen molar-refractivity contribution in [3.63, 3.8) is 0 Å². The molecule has 1 aromatic carbocycles. The van der Waals surface area contributed by atoms with Crippen LogP contribution in [0, 0.1) is 0 Å². The van der Waals surface area contributed by atoms with Crippen LogP contribution in [0.4, 0.5) is 5.82 Å². The summed E-state index contributed by atoms with van der Waals surface area (Å²) >= 11 is 0. The number of hydrogen-bond donors (Lipinski definition) is 1. The van der Waals surface area contributed by atoms with Gasteiger partial charge in [-0.25, -0.2) is 14.6 Å². The first-order chi connectivity index (χ1) is 10.1. The van der Waals surface area contributed by atoms with E-state index in [2.05, 4.69) is 9.72 Å². The van der Waals surface area contributed by atoms with Crippen LogP contribution < -0.4 is 5.73 Å². The molecule has 110 valence electrons. The summed E-state index contributed by atoms with van der Waals surface area (Å²) in [6.45, 7) is 0. The minimum absolute atomic E-state index is 0.0395. The Labute approximate surface area is 121 Å². The van der Waals surface area contributed by atoms with Crippen LogP contribution in [0.15, 0.2) is 36.7 Å². The molecule has 21 heavy (non-hydrogen) atoms. The van der Waals surface area contributed by atoms with Crippen LogP contribution in [-0.2, 0) is 14.3 Å². The molecule has 2 N–H and O–H groups in total. The number of carbonyl (C=O) groups excluding carboxylic acids is 2. The summed E-state index contributed by atoms with van der Waals surface area (Å²) in [4.78, 5) is 27.5. The average Bonchev–Trinajstić information content (AvgIpc) is 2.89. The first-order valence-electron chi connectivity index (χ1n) is 6.13. The monoisotopic (exact) mass is 289 g/mol. The van der Waals surface area contributed by atoms with Gasteiger partial charge >= 0.3 is 11.9 Å². The van der Waals surface area contributed by atoms with Gasteiger partial charge in [-0.3, -0.25) is 4.57 Å². The van der Waals surface area contributed by atoms with Gasteiger partial charge in [0.15, 0.2) is 11.7 Å². The van der Waals surface area contributed by atoms with E-state index in [1.54, 1.807) is 24.3 Å². The van der Waals surface area contributed by atoms with E-state index in [9.17, 15) is 9.59 Å². The number of nitrogen functional groups attached to an aromatic ring is 1. The first kappa shape index (κ1) is 14.6. The lowest BCUT2D eigenvalue weighted by atomic mass is 10.1. The van der Waals surface area contributed by atoms with Crippen LogP contribution in [0.25, 0.3) is 0 Å². The van der Waals surface area contributed by atoms with E-state index in [0.29, 0.717) is 5.56 Å². The summed E-state index contributed by atoms with van der Waals surface area (Å²) in [7, 11) is 2.52. The third-order valence-corrected chi connectivity index (χ3v) is 3.03. The van der Waals surface area contributed by atoms with Crippen molar-refractivity contribution in [3.05, 3.63) is 47.9 Å². The highest BCUT2D eigenvalue weighted by atomic mass is 16.5. The molecule has 0 spiro atoms. The Morgan fingerprint density at radius 1 is 1.19 bits per heavy atom. The number of aromatic nitrogens is 2. The molecule has 7 nitrogen and oxygen atoms in total. The van der Waals surface area contributed by atoms with Gasteiger partial charge in [-0.15, -0.1) is 0 Å². The highest BCUT2D eigenvalue weighted by Gasteiger charge is 2.28. The van der Waals surface area contributed by atoms with Crippen molar-refractivity contribution < 1.29 is 19.1 Å². The summed E-state index contributed by atoms with van der Waals surface area (Å²) in [5.41, 5.74) is 6.53. The molecule has 0 saturated carbocycles. The van der Waals surface area contributed by atoms with Gasteiger partial charge in [-0.1, -0.05) is 30.3 Å². The molecule has 7 heteroatoms. The fraction of sp³-hybridized carbons (Fsp3) is 0.214. The second kappa shape index (κ2) is 6.08. The number of benzene rings is 1. The molecule has 1 unspecified atom stereocenters. The van der Waals surface area contributed by atoms with Gasteiger partial charge < -0.3 is 15.2 Å². The average molecular weight is 289 g/mol. The number of hydrogen-bond acceptors (Lipinski definition) is 6. The zero-order valence-electron chi connectivity index (χ0n) is 11.6. The van der Waals surface area contributed by atoms with E-state index < -0.39 is 18.0 Å². The van der Waals surface area contributed by atoms with E-state index >= 15 is 0 Å². The number of imidazole rings is 1. The SMILES string of the molecule is COC(=O)c1ncn(C(C(=O)OC)c2ccccc2)c1N. The van der Waals surface area contributed by atoms with Crippen LogP contribution in [0.2, 0.25) is 0 Å². The zero-order valence-corrected chi connectivity index (χ0v) is 11.6. The highest BCUT2D eigenvalue weighted by molar-refractivity contribution is 5.92. The van der Waals surface area contributed by atoms with Crippen molar-refractivity contribution in [2.45, 2.75) is 6.04 Å². The minimum Gasteiger partial charge on any atom is -0.467 e. The Morgan fingerprint density at radius 2 is 1.86 bits per heavy atom. The van der Waals surface area contributed by atoms with E-state index in [4.69, 9.17) is 10.5 Å². The molecule has 1 atom stereocenters. The minimum atomic E-state index is -0.817. The second-order valence-electron chi connectivity index (χ2n) is 4.21. The highest BCUT2D eigenvalue weighted by Crippen LogP contribution is 2.24. The van der Waals surface area contributed by atoms with Crippen LogP contribution in [0.3, 0.4) is 0 Å². The van der Waals surface area contributed by atoms with Crippen molar-refractivity contribution in [3.8, 4) is 0 Å². The standard InChI is InChI=1S/C14H15N3O4/c1-20-13(18)10-12(15)17(8-16-10)11(14(19)21-2)9-6-4-3-5-7-9/h3-8,11H,15H2,1-2H3. The van der Waals surface area contributed by atoms with Crippen molar-refractivity contribution in [2.75, 3.05) is 20.0 Å². The number of ether oxygens (including phenoxy) is 2. The molecule has 0 fully saturated rings. The number of nitrogens with zero attached hydrogens (tertiary/aromatic N) is 2. The van der Waals surface area contributed by atoms with E-state index in [0.717, 1.165) is 0 Å². The van der Waals surface area contributed by atoms with Crippen LogP contribution in [0.1, 0.15) is 22.1 Å². The quantitative estimate of drug-likeness (QED) is 0.844. The van der Waals surface area contributed by atoms with Gasteiger partial charge in [0.05, 0.1) is 20.5 Å². The predicted molar refractivity (Wildman–Crippen MR) is 74.6 cm³/mol. The smallest absolute Gasteiger partial charge is 0.360 e. The molecule has 1 heterocycles. The molecule has 0 saturated heterocycles. The number of methoxy groups -OCH3 is 2. The number of nitrogens with two attached hydrogens (primary N) is 1. The number of carbonyl (C=O) groups is 2. The lowest BCUT2D eigenvalue weighted by Crippen LogP contribution is -2.23. The normalized spacial score (nSPS) is 11.7. The molecule has 1 aromatic heterocycles. The molecule has 2 rings (SSSR count). The molecule has 0 aliphatic carbocycles. The number of esters is 2. The maximum absolute atomic E-state index is 12.1. The lowest BCUT2D eigenvalue weighted by molar-refractivity contribution is -0.143. The Balaban J connectivity index is 2.51. The third-order valence-electron chi connectivity index (χ3n) is 3.03. The van der Waals surface area contributed by atoms with Crippen molar-refractivity contribution >= 4 is 17.8 Å². The van der Waals surface area contributed by atoms with Crippen LogP contribution in [-0.4, -0.2) is 35.7 Å². The molecular weight excluding hydrogens is 274 g/mol. The fourth-order valence-corrected chi connectivity index (χ4v) is 1.99. The molecule has 0 aliphatic rings. The van der Waals surface area contributed by atoms with Gasteiger partial charge in [0.25, 0.3) is 0 Å². The fourth-order valence-electron chi connectivity index (χ4n) is 1.99. The van der Waals surface area contributed by atoms with Gasteiger partial charge in [0, 0.05) is 0 Å². The lowest BCUT2D eigenvalue weighted by Gasteiger charge is -2.17. The number of anilines is 1. The molecule has 0 bridgehead atoms. The Bertz CT molecular complexity index is 651. The maximum atomic E-state index is 12.1. The summed E-state index contributed by atoms with van der Waals surface area (Å²) in [6.07, 6.45) is 1.32. The van der Waals surface area contributed by atoms with Gasteiger partial charge in [-0.05, 0) is 5.56 Å². The molecule has 0 aliphatic heterocycles. The van der Waals surface area contributed by atoms with Gasteiger partial charge in [0.1, 0.15) is 5.82 Å². The summed E-state index contributed by atoms with van der Waals surface area (Å²) in [6, 6.07) is 8.12. The van der Waals surface area contributed by atoms with Gasteiger partial charge in [-0.2, -0.15) is 0 Å².